The minimum atomic E-state index is -0.342. The highest BCUT2D eigenvalue weighted by Gasteiger charge is 2.43. The van der Waals surface area contributed by atoms with E-state index in [0.717, 1.165) is 36.1 Å². The third-order valence-corrected chi connectivity index (χ3v) is 6.82. The second-order valence-corrected chi connectivity index (χ2v) is 10.3. The van der Waals surface area contributed by atoms with E-state index in [2.05, 4.69) is 50.2 Å². The van der Waals surface area contributed by atoms with E-state index in [1.165, 1.54) is 5.56 Å². The summed E-state index contributed by atoms with van der Waals surface area (Å²) in [6.45, 7) is 7.88. The largest absolute Gasteiger partial charge is 0.495 e. The highest BCUT2D eigenvalue weighted by atomic mass is 35.5. The molecule has 2 heterocycles. The molecular weight excluding hydrogens is 436 g/mol. The van der Waals surface area contributed by atoms with Crippen molar-refractivity contribution in [3.63, 3.8) is 0 Å². The lowest BCUT2D eigenvalue weighted by Crippen LogP contribution is -2.46. The molecule has 174 valence electrons. The average molecular weight is 467 g/mol. The zero-order valence-electron chi connectivity index (χ0n) is 19.7. The monoisotopic (exact) mass is 466 g/mol. The Kier molecular flexibility index (Phi) is 6.53. The number of hydrogen-bond donors (Lipinski definition) is 0. The van der Waals surface area contributed by atoms with E-state index in [-0.39, 0.29) is 16.9 Å². The lowest BCUT2D eigenvalue weighted by Gasteiger charge is -2.36. The first-order valence-electron chi connectivity index (χ1n) is 11.4. The van der Waals surface area contributed by atoms with Crippen molar-refractivity contribution in [2.75, 3.05) is 20.2 Å². The van der Waals surface area contributed by atoms with Crippen LogP contribution in [0.2, 0.25) is 5.02 Å². The van der Waals surface area contributed by atoms with Crippen molar-refractivity contribution < 1.29 is 14.4 Å². The predicted molar refractivity (Wildman–Crippen MR) is 133 cm³/mol. The van der Waals surface area contributed by atoms with Crippen LogP contribution in [-0.4, -0.2) is 42.3 Å². The number of hydrogen-bond acceptors (Lipinski definition) is 4. The minimum Gasteiger partial charge on any atom is -0.495 e. The molecule has 5 nitrogen and oxygen atoms in total. The molecule has 2 aliphatic rings. The van der Waals surface area contributed by atoms with E-state index in [1.807, 2.05) is 29.2 Å². The third-order valence-electron chi connectivity index (χ3n) is 6.50. The number of amides is 1. The van der Waals surface area contributed by atoms with Gasteiger partial charge in [-0.25, -0.2) is 0 Å². The molecule has 0 radical (unpaired) electrons. The zero-order valence-corrected chi connectivity index (χ0v) is 20.5. The lowest BCUT2D eigenvalue weighted by molar-refractivity contribution is -0.131. The number of carbonyl (C=O) groups is 1. The van der Waals surface area contributed by atoms with Crippen LogP contribution >= 0.6 is 11.6 Å². The van der Waals surface area contributed by atoms with Crippen molar-refractivity contribution in [3.05, 3.63) is 70.3 Å². The SMILES string of the molecule is COc1cc(C2=NOC3(CCN(C(=O)C=Cc4ccc(C(C)(C)C)cc4)CC3)C2)ccc1Cl. The number of nitrogens with zero attached hydrogens (tertiary/aromatic N) is 2. The summed E-state index contributed by atoms with van der Waals surface area (Å²) in [5, 5.41) is 4.93. The molecule has 0 saturated carbocycles. The van der Waals surface area contributed by atoms with Crippen LogP contribution in [0, 0.1) is 0 Å². The Morgan fingerprint density at radius 3 is 2.48 bits per heavy atom. The summed E-state index contributed by atoms with van der Waals surface area (Å²) in [4.78, 5) is 20.5. The van der Waals surface area contributed by atoms with Gasteiger partial charge in [0, 0.05) is 44.0 Å². The van der Waals surface area contributed by atoms with Gasteiger partial charge >= 0.3 is 0 Å². The molecule has 6 heteroatoms. The van der Waals surface area contributed by atoms with Gasteiger partial charge in [-0.3, -0.25) is 4.79 Å². The standard InChI is InChI=1S/C27H31ClN2O3/c1-26(2,3)21-9-5-19(6-10-21)7-12-25(31)30-15-13-27(14-16-30)18-23(29-33-27)20-8-11-22(28)24(17-20)32-4/h5-12,17H,13-16,18H2,1-4H3. The molecule has 0 N–H and O–H groups in total. The van der Waals surface area contributed by atoms with E-state index in [9.17, 15) is 4.79 Å². The van der Waals surface area contributed by atoms with Gasteiger partial charge in [-0.2, -0.15) is 0 Å². The molecule has 4 rings (SSSR count). The first-order valence-corrected chi connectivity index (χ1v) is 11.7. The van der Waals surface area contributed by atoms with Crippen LogP contribution in [0.15, 0.2) is 53.7 Å². The second kappa shape index (κ2) is 9.22. The van der Waals surface area contributed by atoms with Crippen molar-refractivity contribution in [1.82, 2.24) is 4.90 Å². The molecule has 1 amide bonds. The van der Waals surface area contributed by atoms with Crippen LogP contribution < -0.4 is 4.74 Å². The van der Waals surface area contributed by atoms with Gasteiger partial charge in [-0.15, -0.1) is 0 Å². The number of benzene rings is 2. The number of halogens is 1. The quantitative estimate of drug-likeness (QED) is 0.531. The maximum Gasteiger partial charge on any atom is 0.246 e. The molecule has 1 spiro atoms. The molecule has 0 bridgehead atoms. The van der Waals surface area contributed by atoms with Gasteiger partial charge in [0.1, 0.15) is 11.4 Å². The summed E-state index contributed by atoms with van der Waals surface area (Å²) in [6.07, 6.45) is 5.78. The van der Waals surface area contributed by atoms with Gasteiger partial charge in [0.25, 0.3) is 0 Å². The minimum absolute atomic E-state index is 0.0336. The molecule has 2 aromatic carbocycles. The molecule has 1 saturated heterocycles. The van der Waals surface area contributed by atoms with Crippen LogP contribution in [0.1, 0.15) is 56.7 Å². The fourth-order valence-electron chi connectivity index (χ4n) is 4.29. The van der Waals surface area contributed by atoms with E-state index in [4.69, 9.17) is 21.2 Å². The number of oxime groups is 1. The van der Waals surface area contributed by atoms with Crippen molar-refractivity contribution >= 4 is 29.3 Å². The van der Waals surface area contributed by atoms with E-state index in [0.29, 0.717) is 23.9 Å². The van der Waals surface area contributed by atoms with Gasteiger partial charge in [0.05, 0.1) is 17.8 Å². The van der Waals surface area contributed by atoms with Crippen LogP contribution in [-0.2, 0) is 15.0 Å². The number of ether oxygens (including phenoxy) is 1. The summed E-state index contributed by atoms with van der Waals surface area (Å²) in [7, 11) is 1.60. The highest BCUT2D eigenvalue weighted by molar-refractivity contribution is 6.32. The van der Waals surface area contributed by atoms with Crippen LogP contribution in [0.3, 0.4) is 0 Å². The lowest BCUT2D eigenvalue weighted by atomic mass is 9.85. The fraction of sp³-hybridized carbons (Fsp3) is 0.407. The van der Waals surface area contributed by atoms with Gasteiger partial charge in [0.2, 0.25) is 5.91 Å². The van der Waals surface area contributed by atoms with Crippen molar-refractivity contribution in [1.29, 1.82) is 0 Å². The summed E-state index contributed by atoms with van der Waals surface area (Å²) < 4.78 is 5.32. The summed E-state index contributed by atoms with van der Waals surface area (Å²) in [5.41, 5.74) is 3.93. The molecular formula is C27H31ClN2O3. The number of piperidine rings is 1. The number of rotatable bonds is 4. The second-order valence-electron chi connectivity index (χ2n) is 9.87. The maximum atomic E-state index is 12.7. The highest BCUT2D eigenvalue weighted by Crippen LogP contribution is 2.37. The predicted octanol–water partition coefficient (Wildman–Crippen LogP) is 5.85. The van der Waals surface area contributed by atoms with Crippen LogP contribution in [0.25, 0.3) is 6.08 Å². The molecule has 0 aromatic heterocycles. The van der Waals surface area contributed by atoms with Gasteiger partial charge < -0.3 is 14.5 Å². The fourth-order valence-corrected chi connectivity index (χ4v) is 4.48. The van der Waals surface area contributed by atoms with Gasteiger partial charge in [0.15, 0.2) is 0 Å². The van der Waals surface area contributed by atoms with Crippen molar-refractivity contribution in [2.45, 2.75) is 51.0 Å². The average Bonchev–Trinajstić information content (AvgIpc) is 3.21. The summed E-state index contributed by atoms with van der Waals surface area (Å²) in [6, 6.07) is 14.0. The number of carbonyl (C=O) groups excluding carboxylic acids is 1. The maximum absolute atomic E-state index is 12.7. The van der Waals surface area contributed by atoms with Crippen molar-refractivity contribution in [2.24, 2.45) is 5.16 Å². The van der Waals surface area contributed by atoms with Crippen molar-refractivity contribution in [3.8, 4) is 5.75 Å². The normalized spacial score (nSPS) is 17.8. The van der Waals surface area contributed by atoms with E-state index >= 15 is 0 Å². The Morgan fingerprint density at radius 2 is 1.85 bits per heavy atom. The van der Waals surface area contributed by atoms with Crippen LogP contribution in [0.5, 0.6) is 5.75 Å². The Balaban J connectivity index is 1.32. The Labute approximate surface area is 201 Å². The van der Waals surface area contributed by atoms with Gasteiger partial charge in [-0.1, -0.05) is 67.9 Å². The third kappa shape index (κ3) is 5.25. The molecule has 0 atom stereocenters. The Morgan fingerprint density at radius 1 is 1.15 bits per heavy atom. The molecule has 2 aromatic rings. The summed E-state index contributed by atoms with van der Waals surface area (Å²) >= 11 is 6.14. The molecule has 33 heavy (non-hydrogen) atoms. The number of likely N-dealkylation sites (tertiary alicyclic amines) is 1. The summed E-state index contributed by atoms with van der Waals surface area (Å²) in [5.74, 6) is 0.657. The Bertz CT molecular complexity index is 1080. The van der Waals surface area contributed by atoms with Crippen LogP contribution in [0.4, 0.5) is 0 Å². The topological polar surface area (TPSA) is 51.1 Å². The zero-order chi connectivity index (χ0) is 23.6. The molecule has 0 unspecified atom stereocenters. The first-order chi connectivity index (χ1) is 15.7. The molecule has 2 aliphatic heterocycles. The smallest absolute Gasteiger partial charge is 0.246 e. The first kappa shape index (κ1) is 23.4. The van der Waals surface area contributed by atoms with E-state index < -0.39 is 0 Å². The number of methoxy groups -OCH3 is 1. The van der Waals surface area contributed by atoms with Gasteiger partial charge in [-0.05, 0) is 34.8 Å². The Hall–Kier alpha value is -2.79. The van der Waals surface area contributed by atoms with E-state index in [1.54, 1.807) is 13.2 Å². The molecule has 0 aliphatic carbocycles. The molecule has 1 fully saturated rings.